The molecule has 0 fully saturated rings. The van der Waals surface area contributed by atoms with Crippen LogP contribution in [0.1, 0.15) is 26.5 Å². The summed E-state index contributed by atoms with van der Waals surface area (Å²) in [7, 11) is 0. The van der Waals surface area contributed by atoms with Gasteiger partial charge in [-0.3, -0.25) is 14.4 Å². The topological polar surface area (TPSA) is 100 Å². The third kappa shape index (κ3) is 6.05. The second kappa shape index (κ2) is 9.70. The minimum absolute atomic E-state index is 0.122. The predicted octanol–water partition coefficient (Wildman–Crippen LogP) is 3.34. The lowest BCUT2D eigenvalue weighted by molar-refractivity contribution is -0.120. The van der Waals surface area contributed by atoms with Crippen LogP contribution in [0, 0.1) is 0 Å². The van der Waals surface area contributed by atoms with E-state index >= 15 is 0 Å². The highest BCUT2D eigenvalue weighted by atomic mass is 79.9. The van der Waals surface area contributed by atoms with Crippen molar-refractivity contribution in [1.29, 1.82) is 0 Å². The van der Waals surface area contributed by atoms with Crippen molar-refractivity contribution in [2.45, 2.75) is 6.54 Å². The zero-order valence-corrected chi connectivity index (χ0v) is 16.9. The number of nitrogens with one attached hydrogen (secondary N) is 3. The van der Waals surface area contributed by atoms with Gasteiger partial charge in [0.25, 0.3) is 11.8 Å². The van der Waals surface area contributed by atoms with Gasteiger partial charge in [0.1, 0.15) is 0 Å². The smallest absolute Gasteiger partial charge is 0.291 e. The summed E-state index contributed by atoms with van der Waals surface area (Å²) in [5.74, 6) is -0.731. The van der Waals surface area contributed by atoms with Gasteiger partial charge in [-0.1, -0.05) is 34.1 Å². The molecule has 148 valence electrons. The number of benzene rings is 2. The third-order valence-corrected chi connectivity index (χ3v) is 4.44. The standard InChI is InChI=1S/C21H18BrN3O4/c22-16-4-1-3-15(11-16)20(27)24-13-19(26)23-12-14-6-8-17(9-7-14)25-21(28)18-5-2-10-29-18/h1-11H,12-13H2,(H,23,26)(H,24,27)(H,25,28). The molecule has 0 saturated carbocycles. The number of carbonyl (C=O) groups excluding carboxylic acids is 3. The largest absolute Gasteiger partial charge is 0.459 e. The molecule has 3 N–H and O–H groups in total. The van der Waals surface area contributed by atoms with Crippen LogP contribution >= 0.6 is 15.9 Å². The second-order valence-corrected chi connectivity index (χ2v) is 7.01. The number of anilines is 1. The number of amides is 3. The van der Waals surface area contributed by atoms with Crippen LogP contribution in [0.15, 0.2) is 75.8 Å². The summed E-state index contributed by atoms with van der Waals surface area (Å²) in [6, 6.07) is 17.2. The van der Waals surface area contributed by atoms with Gasteiger partial charge in [-0.2, -0.15) is 0 Å². The Kier molecular flexibility index (Phi) is 6.80. The van der Waals surface area contributed by atoms with Gasteiger partial charge in [0, 0.05) is 22.3 Å². The highest BCUT2D eigenvalue weighted by Crippen LogP contribution is 2.12. The van der Waals surface area contributed by atoms with Crippen LogP contribution < -0.4 is 16.0 Å². The predicted molar refractivity (Wildman–Crippen MR) is 111 cm³/mol. The van der Waals surface area contributed by atoms with Crippen molar-refractivity contribution in [3.05, 3.63) is 88.3 Å². The zero-order chi connectivity index (χ0) is 20.6. The molecule has 0 aliphatic heterocycles. The van der Waals surface area contributed by atoms with E-state index in [4.69, 9.17) is 4.42 Å². The fourth-order valence-corrected chi connectivity index (χ4v) is 2.86. The quantitative estimate of drug-likeness (QED) is 0.508. The zero-order valence-electron chi connectivity index (χ0n) is 15.3. The molecule has 0 aliphatic carbocycles. The van der Waals surface area contributed by atoms with E-state index in [9.17, 15) is 14.4 Å². The first-order valence-electron chi connectivity index (χ1n) is 8.75. The summed E-state index contributed by atoms with van der Waals surface area (Å²) in [5, 5.41) is 8.03. The van der Waals surface area contributed by atoms with Crippen LogP contribution in [0.25, 0.3) is 0 Å². The Bertz CT molecular complexity index is 1000. The molecule has 0 spiro atoms. The maximum Gasteiger partial charge on any atom is 0.291 e. The van der Waals surface area contributed by atoms with E-state index in [-0.39, 0.29) is 30.0 Å². The number of hydrogen-bond acceptors (Lipinski definition) is 4. The van der Waals surface area contributed by atoms with Gasteiger partial charge in [0.2, 0.25) is 5.91 Å². The van der Waals surface area contributed by atoms with Gasteiger partial charge in [-0.15, -0.1) is 0 Å². The fraction of sp³-hybridized carbons (Fsp3) is 0.0952. The summed E-state index contributed by atoms with van der Waals surface area (Å²) in [6.07, 6.45) is 1.43. The minimum Gasteiger partial charge on any atom is -0.459 e. The Morgan fingerprint density at radius 2 is 1.69 bits per heavy atom. The van der Waals surface area contributed by atoms with Crippen LogP contribution in [0.5, 0.6) is 0 Å². The van der Waals surface area contributed by atoms with Crippen molar-refractivity contribution in [3.63, 3.8) is 0 Å². The van der Waals surface area contributed by atoms with Gasteiger partial charge >= 0.3 is 0 Å². The lowest BCUT2D eigenvalue weighted by Crippen LogP contribution is -2.36. The van der Waals surface area contributed by atoms with E-state index in [0.29, 0.717) is 17.8 Å². The van der Waals surface area contributed by atoms with Gasteiger partial charge in [-0.25, -0.2) is 0 Å². The normalized spacial score (nSPS) is 10.2. The molecule has 7 nitrogen and oxygen atoms in total. The summed E-state index contributed by atoms with van der Waals surface area (Å²) in [4.78, 5) is 35.9. The molecule has 0 radical (unpaired) electrons. The molecule has 3 rings (SSSR count). The number of rotatable bonds is 7. The Balaban J connectivity index is 1.43. The SMILES string of the molecule is O=C(CNC(=O)c1cccc(Br)c1)NCc1ccc(NC(=O)c2ccco2)cc1. The molecule has 0 atom stereocenters. The molecule has 0 unspecified atom stereocenters. The molecule has 29 heavy (non-hydrogen) atoms. The highest BCUT2D eigenvalue weighted by molar-refractivity contribution is 9.10. The van der Waals surface area contributed by atoms with Crippen LogP contribution in [0.2, 0.25) is 0 Å². The molecular formula is C21H18BrN3O4. The number of halogens is 1. The first kappa shape index (κ1) is 20.3. The Hall–Kier alpha value is -3.39. The number of furan rings is 1. The van der Waals surface area contributed by atoms with E-state index in [1.807, 2.05) is 6.07 Å². The number of hydrogen-bond donors (Lipinski definition) is 3. The summed E-state index contributed by atoms with van der Waals surface area (Å²) >= 11 is 3.30. The van der Waals surface area contributed by atoms with Crippen LogP contribution in [-0.4, -0.2) is 24.3 Å². The molecule has 1 aromatic heterocycles. The minimum atomic E-state index is -0.336. The van der Waals surface area contributed by atoms with Crippen molar-refractivity contribution in [3.8, 4) is 0 Å². The molecule has 0 saturated heterocycles. The van der Waals surface area contributed by atoms with Crippen LogP contribution in [0.4, 0.5) is 5.69 Å². The molecule has 2 aromatic carbocycles. The van der Waals surface area contributed by atoms with E-state index < -0.39 is 0 Å². The second-order valence-electron chi connectivity index (χ2n) is 6.10. The molecule has 8 heteroatoms. The molecule has 3 aromatic rings. The van der Waals surface area contributed by atoms with Gasteiger partial charge in [0.15, 0.2) is 5.76 Å². The van der Waals surface area contributed by atoms with Crippen molar-refractivity contribution >= 4 is 39.3 Å². The van der Waals surface area contributed by atoms with Crippen molar-refractivity contribution in [2.24, 2.45) is 0 Å². The maximum absolute atomic E-state index is 12.0. The first-order chi connectivity index (χ1) is 14.0. The number of carbonyl (C=O) groups is 3. The van der Waals surface area contributed by atoms with Crippen molar-refractivity contribution in [1.82, 2.24) is 10.6 Å². The monoisotopic (exact) mass is 455 g/mol. The van der Waals surface area contributed by atoms with Crippen LogP contribution in [0.3, 0.4) is 0 Å². The van der Waals surface area contributed by atoms with Gasteiger partial charge in [0.05, 0.1) is 12.8 Å². The molecule has 3 amide bonds. The summed E-state index contributed by atoms with van der Waals surface area (Å²) in [5.41, 5.74) is 1.94. The average molecular weight is 456 g/mol. The van der Waals surface area contributed by atoms with E-state index in [2.05, 4.69) is 31.9 Å². The lowest BCUT2D eigenvalue weighted by atomic mass is 10.2. The summed E-state index contributed by atoms with van der Waals surface area (Å²) < 4.78 is 5.83. The van der Waals surface area contributed by atoms with Crippen LogP contribution in [-0.2, 0) is 11.3 Å². The Morgan fingerprint density at radius 1 is 0.897 bits per heavy atom. The van der Waals surface area contributed by atoms with E-state index in [0.717, 1.165) is 10.0 Å². The van der Waals surface area contributed by atoms with E-state index in [1.165, 1.54) is 6.26 Å². The third-order valence-electron chi connectivity index (χ3n) is 3.94. The van der Waals surface area contributed by atoms with Crippen molar-refractivity contribution in [2.75, 3.05) is 11.9 Å². The Labute approximate surface area is 175 Å². The molecule has 1 heterocycles. The molecular weight excluding hydrogens is 438 g/mol. The summed E-state index contributed by atoms with van der Waals surface area (Å²) in [6.45, 7) is 0.181. The average Bonchev–Trinajstić information content (AvgIpc) is 3.26. The Morgan fingerprint density at radius 3 is 2.38 bits per heavy atom. The molecule has 0 bridgehead atoms. The van der Waals surface area contributed by atoms with E-state index in [1.54, 1.807) is 54.6 Å². The first-order valence-corrected chi connectivity index (χ1v) is 9.55. The fourth-order valence-electron chi connectivity index (χ4n) is 2.46. The lowest BCUT2D eigenvalue weighted by Gasteiger charge is -2.08. The highest BCUT2D eigenvalue weighted by Gasteiger charge is 2.10. The maximum atomic E-state index is 12.0. The van der Waals surface area contributed by atoms with Crippen molar-refractivity contribution < 1.29 is 18.8 Å². The molecule has 0 aliphatic rings. The van der Waals surface area contributed by atoms with Gasteiger partial charge < -0.3 is 20.4 Å². The van der Waals surface area contributed by atoms with Gasteiger partial charge in [-0.05, 0) is 48.0 Å².